The molecular formula is C40H50N6O6S2. The van der Waals surface area contributed by atoms with Gasteiger partial charge in [0.15, 0.2) is 0 Å². The maximum absolute atomic E-state index is 14.4. The molecule has 3 N–H and O–H groups in total. The summed E-state index contributed by atoms with van der Waals surface area (Å²) in [5.41, 5.74) is 3.32. The smallest absolute Gasteiger partial charge is 0.321 e. The molecule has 5 rings (SSSR count). The number of amides is 3. The number of carbonyl (C=O) groups excluding carboxylic acids is 2. The lowest BCUT2D eigenvalue weighted by Crippen LogP contribution is -2.57. The van der Waals surface area contributed by atoms with Gasteiger partial charge in [0.25, 0.3) is 0 Å². The highest BCUT2D eigenvalue weighted by Crippen LogP contribution is 2.26. The highest BCUT2D eigenvalue weighted by molar-refractivity contribution is 7.89. The summed E-state index contributed by atoms with van der Waals surface area (Å²) in [6.07, 6.45) is 2.54. The Morgan fingerprint density at radius 3 is 2.39 bits per heavy atom. The molecule has 1 saturated heterocycles. The molecule has 0 unspecified atom stereocenters. The van der Waals surface area contributed by atoms with E-state index in [4.69, 9.17) is 5.21 Å². The van der Waals surface area contributed by atoms with Gasteiger partial charge in [-0.15, -0.1) is 11.3 Å². The molecule has 288 valence electrons. The Labute approximate surface area is 322 Å². The van der Waals surface area contributed by atoms with Crippen LogP contribution in [0.5, 0.6) is 0 Å². The van der Waals surface area contributed by atoms with Crippen LogP contribution in [0.25, 0.3) is 10.6 Å². The van der Waals surface area contributed by atoms with Gasteiger partial charge in [0.2, 0.25) is 15.9 Å². The van der Waals surface area contributed by atoms with Crippen LogP contribution in [-0.4, -0.2) is 100 Å². The molecule has 14 heteroatoms. The Morgan fingerprint density at radius 1 is 1.02 bits per heavy atom. The van der Waals surface area contributed by atoms with Crippen molar-refractivity contribution in [3.8, 4) is 10.6 Å². The van der Waals surface area contributed by atoms with Crippen molar-refractivity contribution in [2.75, 3.05) is 26.2 Å². The summed E-state index contributed by atoms with van der Waals surface area (Å²) < 4.78 is 29.2. The molecule has 54 heavy (non-hydrogen) atoms. The summed E-state index contributed by atoms with van der Waals surface area (Å²) in [5, 5.41) is 29.6. The summed E-state index contributed by atoms with van der Waals surface area (Å²) in [7, 11) is -4.07. The van der Waals surface area contributed by atoms with Crippen LogP contribution in [-0.2, 0) is 27.8 Å². The first-order chi connectivity index (χ1) is 25.9. The van der Waals surface area contributed by atoms with Gasteiger partial charge in [-0.2, -0.15) is 4.31 Å². The van der Waals surface area contributed by atoms with Crippen molar-refractivity contribution in [3.05, 3.63) is 107 Å². The molecule has 0 spiro atoms. The van der Waals surface area contributed by atoms with Crippen molar-refractivity contribution in [3.63, 3.8) is 0 Å². The van der Waals surface area contributed by atoms with Gasteiger partial charge in [0, 0.05) is 49.9 Å². The third-order valence-electron chi connectivity index (χ3n) is 9.67. The molecular weight excluding hydrogens is 725 g/mol. The van der Waals surface area contributed by atoms with Crippen LogP contribution in [0.2, 0.25) is 0 Å². The monoisotopic (exact) mass is 774 g/mol. The number of hydrogen-bond donors (Lipinski definition) is 3. The number of oxime groups is 1. The number of benzene rings is 3. The van der Waals surface area contributed by atoms with Crippen molar-refractivity contribution < 1.29 is 28.3 Å². The van der Waals surface area contributed by atoms with Gasteiger partial charge in [-0.3, -0.25) is 4.79 Å². The van der Waals surface area contributed by atoms with Gasteiger partial charge in [-0.05, 0) is 53.1 Å². The molecule has 3 amide bonds. The van der Waals surface area contributed by atoms with Crippen LogP contribution < -0.4 is 5.32 Å². The van der Waals surface area contributed by atoms with E-state index in [1.165, 1.54) is 34.8 Å². The molecule has 0 saturated carbocycles. The number of sulfonamides is 1. The minimum atomic E-state index is -4.07. The standard InChI is InChI=1S/C40H50N6O6S2/c1-5-29(4)37(46-20-19-44(40(46)49)26-32-12-9-13-33(22-32)39-41-18-21-53-39)38(48)43-35(23-30-10-7-6-8-11-30)36(47)27-45(25-28(2)3)54(51,52)34-16-14-31(15-17-34)24-42-50/h6-18,21-22,24,28-29,35-37,47,50H,5,19-20,23,25-27H2,1-4H3,(H,43,48)/b42-24+/t29-,35-,36+,37-/m0/s1. The van der Waals surface area contributed by atoms with E-state index in [2.05, 4.69) is 15.5 Å². The van der Waals surface area contributed by atoms with E-state index in [1.807, 2.05) is 87.7 Å². The van der Waals surface area contributed by atoms with Gasteiger partial charge in [-0.1, -0.05) is 99.9 Å². The first-order valence-corrected chi connectivity index (χ1v) is 20.6. The zero-order chi connectivity index (χ0) is 38.8. The first kappa shape index (κ1) is 40.6. The van der Waals surface area contributed by atoms with Crippen molar-refractivity contribution in [2.24, 2.45) is 17.0 Å². The summed E-state index contributed by atoms with van der Waals surface area (Å²) >= 11 is 1.55. The van der Waals surface area contributed by atoms with Gasteiger partial charge in [0.1, 0.15) is 11.0 Å². The Kier molecular flexibility index (Phi) is 14.0. The fourth-order valence-corrected chi connectivity index (χ4v) is 8.96. The average Bonchev–Trinajstić information content (AvgIpc) is 3.82. The van der Waals surface area contributed by atoms with E-state index in [1.54, 1.807) is 27.3 Å². The second kappa shape index (κ2) is 18.6. The van der Waals surface area contributed by atoms with E-state index in [9.17, 15) is 23.1 Å². The van der Waals surface area contributed by atoms with Gasteiger partial charge in [0.05, 0.1) is 23.3 Å². The number of rotatable bonds is 18. The van der Waals surface area contributed by atoms with E-state index in [0.29, 0.717) is 31.6 Å². The predicted molar refractivity (Wildman–Crippen MR) is 211 cm³/mol. The topological polar surface area (TPSA) is 156 Å². The molecule has 1 fully saturated rings. The number of thiazole rings is 1. The lowest BCUT2D eigenvalue weighted by atomic mass is 9.95. The highest BCUT2D eigenvalue weighted by atomic mass is 32.2. The number of urea groups is 1. The first-order valence-electron chi connectivity index (χ1n) is 18.3. The maximum Gasteiger partial charge on any atom is 0.321 e. The molecule has 2 heterocycles. The maximum atomic E-state index is 14.4. The molecule has 1 aromatic heterocycles. The fourth-order valence-electron chi connectivity index (χ4n) is 6.70. The molecule has 3 aromatic carbocycles. The van der Waals surface area contributed by atoms with Crippen LogP contribution in [0.4, 0.5) is 4.79 Å². The summed E-state index contributed by atoms with van der Waals surface area (Å²) in [4.78, 5) is 36.2. The van der Waals surface area contributed by atoms with E-state index < -0.39 is 34.1 Å². The molecule has 0 radical (unpaired) electrons. The Balaban J connectivity index is 1.37. The molecule has 0 bridgehead atoms. The minimum absolute atomic E-state index is 0.0259. The molecule has 4 aromatic rings. The Bertz CT molecular complexity index is 1960. The summed E-state index contributed by atoms with van der Waals surface area (Å²) in [6.45, 7) is 8.75. The number of hydrogen-bond acceptors (Lipinski definition) is 9. The number of aliphatic hydroxyl groups excluding tert-OH is 1. The summed E-state index contributed by atoms with van der Waals surface area (Å²) in [5.74, 6) is -0.665. The van der Waals surface area contributed by atoms with Crippen LogP contribution in [0.1, 0.15) is 50.8 Å². The second-order valence-corrected chi connectivity index (χ2v) is 17.0. The molecule has 4 atom stereocenters. The van der Waals surface area contributed by atoms with Crippen LogP contribution in [0, 0.1) is 11.8 Å². The SMILES string of the molecule is CC[C@H](C)[C@@H](C(=O)N[C@@H](Cc1ccccc1)[C@H](O)CN(CC(C)C)S(=O)(=O)c1ccc(/C=N/O)cc1)N1CCN(Cc2cccc(-c3nccs3)c2)C1=O. The fraction of sp³-hybridized carbons (Fsp3) is 0.400. The normalized spacial score (nSPS) is 15.9. The largest absolute Gasteiger partial charge is 0.411 e. The number of nitrogens with one attached hydrogen (secondary N) is 1. The summed E-state index contributed by atoms with van der Waals surface area (Å²) in [6, 6.07) is 21.4. The van der Waals surface area contributed by atoms with Crippen molar-refractivity contribution in [2.45, 2.75) is 70.2 Å². The quantitative estimate of drug-likeness (QED) is 0.0665. The minimum Gasteiger partial charge on any atom is -0.411 e. The third kappa shape index (κ3) is 10.1. The van der Waals surface area contributed by atoms with Crippen LogP contribution in [0.3, 0.4) is 0 Å². The van der Waals surface area contributed by atoms with E-state index in [0.717, 1.165) is 21.7 Å². The number of aliphatic hydroxyl groups is 1. The Hall–Kier alpha value is -4.63. The number of nitrogens with zero attached hydrogens (tertiary/aromatic N) is 5. The molecule has 1 aliphatic rings. The van der Waals surface area contributed by atoms with Crippen LogP contribution in [0.15, 0.2) is 100 Å². The van der Waals surface area contributed by atoms with Crippen molar-refractivity contribution in [1.82, 2.24) is 24.4 Å². The Morgan fingerprint density at radius 2 is 1.74 bits per heavy atom. The molecule has 12 nitrogen and oxygen atoms in total. The number of aromatic nitrogens is 1. The zero-order valence-corrected chi connectivity index (χ0v) is 32.8. The van der Waals surface area contributed by atoms with Gasteiger partial charge >= 0.3 is 6.03 Å². The predicted octanol–water partition coefficient (Wildman–Crippen LogP) is 5.71. The lowest BCUT2D eigenvalue weighted by molar-refractivity contribution is -0.128. The average molecular weight is 775 g/mol. The van der Waals surface area contributed by atoms with Gasteiger partial charge < -0.3 is 25.4 Å². The highest BCUT2D eigenvalue weighted by Gasteiger charge is 2.41. The number of carbonyl (C=O) groups is 2. The van der Waals surface area contributed by atoms with Gasteiger partial charge in [-0.25, -0.2) is 18.2 Å². The third-order valence-corrected chi connectivity index (χ3v) is 12.3. The van der Waals surface area contributed by atoms with Crippen molar-refractivity contribution in [1.29, 1.82) is 0 Å². The van der Waals surface area contributed by atoms with Crippen LogP contribution >= 0.6 is 11.3 Å². The van der Waals surface area contributed by atoms with E-state index in [-0.39, 0.29) is 42.3 Å². The van der Waals surface area contributed by atoms with Crippen molar-refractivity contribution >= 4 is 39.5 Å². The molecule has 1 aliphatic heterocycles. The lowest BCUT2D eigenvalue weighted by Gasteiger charge is -2.35. The second-order valence-electron chi connectivity index (χ2n) is 14.2. The molecule has 0 aliphatic carbocycles. The van der Waals surface area contributed by atoms with E-state index >= 15 is 0 Å². The zero-order valence-electron chi connectivity index (χ0n) is 31.2.